The molecule has 102 valence electrons. The van der Waals surface area contributed by atoms with E-state index in [4.69, 9.17) is 16.3 Å². The fourth-order valence-corrected chi connectivity index (χ4v) is 2.70. The minimum atomic E-state index is 0.661. The van der Waals surface area contributed by atoms with Crippen molar-refractivity contribution < 1.29 is 4.74 Å². The normalized spacial score (nSPS) is 11.2. The minimum Gasteiger partial charge on any atom is -0.384 e. The first-order valence-corrected chi connectivity index (χ1v) is 7.60. The molecule has 1 N–H and O–H groups in total. The summed E-state index contributed by atoms with van der Waals surface area (Å²) in [5.74, 6) is 1.63. The van der Waals surface area contributed by atoms with Gasteiger partial charge in [0.25, 0.3) is 0 Å². The van der Waals surface area contributed by atoms with Crippen LogP contribution in [-0.4, -0.2) is 26.0 Å². The lowest BCUT2D eigenvalue weighted by atomic mass is 10.2. The smallest absolute Gasteiger partial charge is 0.0556 e. The number of hydrogen-bond acceptors (Lipinski definition) is 3. The molecule has 4 heteroatoms. The monoisotopic (exact) mass is 287 g/mol. The predicted octanol–water partition coefficient (Wildman–Crippen LogP) is 3.82. The summed E-state index contributed by atoms with van der Waals surface area (Å²) in [4.78, 5) is 1.28. The van der Waals surface area contributed by atoms with Crippen LogP contribution in [0.1, 0.15) is 19.4 Å². The number of thioether (sulfide) groups is 1. The fourth-order valence-electron chi connectivity index (χ4n) is 1.56. The molecule has 0 aromatic heterocycles. The summed E-state index contributed by atoms with van der Waals surface area (Å²) in [6.45, 7) is 7.08. The summed E-state index contributed by atoms with van der Waals surface area (Å²) in [6, 6.07) is 6.09. The Morgan fingerprint density at radius 3 is 2.83 bits per heavy atom. The van der Waals surface area contributed by atoms with Gasteiger partial charge in [-0.1, -0.05) is 25.4 Å². The zero-order valence-electron chi connectivity index (χ0n) is 11.3. The molecule has 0 saturated carbocycles. The quantitative estimate of drug-likeness (QED) is 0.580. The summed E-state index contributed by atoms with van der Waals surface area (Å²) < 4.78 is 5.08. The second kappa shape index (κ2) is 8.81. The van der Waals surface area contributed by atoms with Crippen molar-refractivity contribution in [1.82, 2.24) is 5.32 Å². The number of rotatable bonds is 8. The molecule has 0 heterocycles. The van der Waals surface area contributed by atoms with Crippen molar-refractivity contribution in [2.45, 2.75) is 25.3 Å². The third kappa shape index (κ3) is 6.10. The van der Waals surface area contributed by atoms with Gasteiger partial charge in [-0.15, -0.1) is 11.8 Å². The highest BCUT2D eigenvalue weighted by molar-refractivity contribution is 7.99. The van der Waals surface area contributed by atoms with Crippen LogP contribution in [0, 0.1) is 5.92 Å². The predicted molar refractivity (Wildman–Crippen MR) is 80.6 cm³/mol. The summed E-state index contributed by atoms with van der Waals surface area (Å²) in [7, 11) is 1.73. The SMILES string of the molecule is COCCSc1ccc(Cl)cc1CNCC(C)C. The molecule has 0 spiro atoms. The van der Waals surface area contributed by atoms with Gasteiger partial charge in [0.1, 0.15) is 0 Å². The van der Waals surface area contributed by atoms with Crippen molar-refractivity contribution in [1.29, 1.82) is 0 Å². The van der Waals surface area contributed by atoms with Crippen molar-refractivity contribution >= 4 is 23.4 Å². The van der Waals surface area contributed by atoms with Gasteiger partial charge in [0.05, 0.1) is 6.61 Å². The number of benzene rings is 1. The van der Waals surface area contributed by atoms with Crippen LogP contribution >= 0.6 is 23.4 Å². The Bertz CT molecular complexity index is 358. The van der Waals surface area contributed by atoms with Gasteiger partial charge in [-0.25, -0.2) is 0 Å². The van der Waals surface area contributed by atoms with Crippen molar-refractivity contribution in [2.24, 2.45) is 5.92 Å². The first-order valence-electron chi connectivity index (χ1n) is 6.24. The Kier molecular flexibility index (Phi) is 7.75. The third-order valence-corrected chi connectivity index (χ3v) is 3.75. The van der Waals surface area contributed by atoms with Gasteiger partial charge >= 0.3 is 0 Å². The van der Waals surface area contributed by atoms with Crippen LogP contribution in [0.2, 0.25) is 5.02 Å². The van der Waals surface area contributed by atoms with Crippen LogP contribution < -0.4 is 5.32 Å². The van der Waals surface area contributed by atoms with E-state index in [-0.39, 0.29) is 0 Å². The van der Waals surface area contributed by atoms with Crippen molar-refractivity contribution in [2.75, 3.05) is 26.0 Å². The van der Waals surface area contributed by atoms with Crippen LogP contribution in [-0.2, 0) is 11.3 Å². The van der Waals surface area contributed by atoms with E-state index in [9.17, 15) is 0 Å². The van der Waals surface area contributed by atoms with Crippen molar-refractivity contribution in [3.63, 3.8) is 0 Å². The van der Waals surface area contributed by atoms with Gasteiger partial charge < -0.3 is 10.1 Å². The molecule has 2 nitrogen and oxygen atoms in total. The average molecular weight is 288 g/mol. The molecule has 1 aromatic rings. The number of hydrogen-bond donors (Lipinski definition) is 1. The van der Waals surface area contributed by atoms with Gasteiger partial charge in [0, 0.05) is 29.3 Å². The maximum absolute atomic E-state index is 6.06. The number of ether oxygens (including phenoxy) is 1. The second-order valence-corrected chi connectivity index (χ2v) is 6.19. The summed E-state index contributed by atoms with van der Waals surface area (Å²) >= 11 is 7.87. The summed E-state index contributed by atoms with van der Waals surface area (Å²) in [5, 5.41) is 4.25. The van der Waals surface area contributed by atoms with Gasteiger partial charge in [0.15, 0.2) is 0 Å². The lowest BCUT2D eigenvalue weighted by Gasteiger charge is -2.12. The van der Waals surface area contributed by atoms with Crippen LogP contribution in [0.4, 0.5) is 0 Å². The number of methoxy groups -OCH3 is 1. The number of nitrogens with one attached hydrogen (secondary N) is 1. The molecular formula is C14H22ClNOS. The molecule has 1 aromatic carbocycles. The summed E-state index contributed by atoms with van der Waals surface area (Å²) in [5.41, 5.74) is 1.27. The molecule has 0 amide bonds. The third-order valence-electron chi connectivity index (χ3n) is 2.44. The number of halogens is 1. The lowest BCUT2D eigenvalue weighted by Crippen LogP contribution is -2.19. The molecule has 0 bridgehead atoms. The topological polar surface area (TPSA) is 21.3 Å². The lowest BCUT2D eigenvalue weighted by molar-refractivity contribution is 0.218. The molecule has 0 fully saturated rings. The van der Waals surface area contributed by atoms with Crippen LogP contribution in [0.25, 0.3) is 0 Å². The summed E-state index contributed by atoms with van der Waals surface area (Å²) in [6.07, 6.45) is 0. The Labute approximate surface area is 119 Å². The molecule has 0 atom stereocenters. The maximum Gasteiger partial charge on any atom is 0.0556 e. The standard InChI is InChI=1S/C14H22ClNOS/c1-11(2)9-16-10-12-8-13(15)4-5-14(12)18-7-6-17-3/h4-5,8,11,16H,6-7,9-10H2,1-3H3. The average Bonchev–Trinajstić information content (AvgIpc) is 2.31. The van der Waals surface area contributed by atoms with E-state index in [0.717, 1.165) is 30.5 Å². The molecule has 1 rings (SSSR count). The zero-order chi connectivity index (χ0) is 13.4. The fraction of sp³-hybridized carbons (Fsp3) is 0.571. The molecule has 0 unspecified atom stereocenters. The Morgan fingerprint density at radius 1 is 1.39 bits per heavy atom. The van der Waals surface area contributed by atoms with E-state index in [0.29, 0.717) is 5.92 Å². The van der Waals surface area contributed by atoms with Crippen LogP contribution in [0.15, 0.2) is 23.1 Å². The second-order valence-electron chi connectivity index (χ2n) is 4.62. The molecule has 0 aliphatic rings. The first-order chi connectivity index (χ1) is 8.63. The molecule has 0 saturated heterocycles. The van der Waals surface area contributed by atoms with Gasteiger partial charge in [-0.05, 0) is 36.2 Å². The molecule has 0 aliphatic heterocycles. The highest BCUT2D eigenvalue weighted by Gasteiger charge is 2.04. The zero-order valence-corrected chi connectivity index (χ0v) is 12.9. The van der Waals surface area contributed by atoms with E-state index in [1.165, 1.54) is 10.5 Å². The molecule has 18 heavy (non-hydrogen) atoms. The Morgan fingerprint density at radius 2 is 2.17 bits per heavy atom. The van der Waals surface area contributed by atoms with Crippen LogP contribution in [0.3, 0.4) is 0 Å². The van der Waals surface area contributed by atoms with E-state index in [1.54, 1.807) is 7.11 Å². The van der Waals surface area contributed by atoms with E-state index >= 15 is 0 Å². The van der Waals surface area contributed by atoms with Gasteiger partial charge in [-0.2, -0.15) is 0 Å². The molecule has 0 radical (unpaired) electrons. The van der Waals surface area contributed by atoms with Crippen molar-refractivity contribution in [3.8, 4) is 0 Å². The minimum absolute atomic E-state index is 0.661. The van der Waals surface area contributed by atoms with Crippen molar-refractivity contribution in [3.05, 3.63) is 28.8 Å². The highest BCUT2D eigenvalue weighted by atomic mass is 35.5. The molecule has 0 aliphatic carbocycles. The van der Waals surface area contributed by atoms with Gasteiger partial charge in [-0.3, -0.25) is 0 Å². The Hall–Kier alpha value is -0.220. The van der Waals surface area contributed by atoms with Crippen LogP contribution in [0.5, 0.6) is 0 Å². The van der Waals surface area contributed by atoms with E-state index in [1.807, 2.05) is 23.9 Å². The largest absolute Gasteiger partial charge is 0.384 e. The van der Waals surface area contributed by atoms with Gasteiger partial charge in [0.2, 0.25) is 0 Å². The first kappa shape index (κ1) is 15.8. The Balaban J connectivity index is 2.58. The van der Waals surface area contributed by atoms with E-state index < -0.39 is 0 Å². The molecular weight excluding hydrogens is 266 g/mol. The van der Waals surface area contributed by atoms with E-state index in [2.05, 4.69) is 25.2 Å². The maximum atomic E-state index is 6.06. The highest BCUT2D eigenvalue weighted by Crippen LogP contribution is 2.25.